The minimum atomic E-state index is -0.474. The van der Waals surface area contributed by atoms with E-state index in [2.05, 4.69) is 9.88 Å². The van der Waals surface area contributed by atoms with Crippen molar-refractivity contribution in [3.63, 3.8) is 0 Å². The van der Waals surface area contributed by atoms with Crippen molar-refractivity contribution in [3.05, 3.63) is 35.0 Å². The van der Waals surface area contributed by atoms with Gasteiger partial charge in [-0.15, -0.1) is 0 Å². The van der Waals surface area contributed by atoms with Crippen molar-refractivity contribution in [3.8, 4) is 0 Å². The molecule has 7 nitrogen and oxygen atoms in total. The Hall–Kier alpha value is -2.09. The first-order valence-corrected chi connectivity index (χ1v) is 10.6. The summed E-state index contributed by atoms with van der Waals surface area (Å²) in [5, 5.41) is 12.3. The predicted octanol–water partition coefficient (Wildman–Crippen LogP) is 1.95. The summed E-state index contributed by atoms with van der Waals surface area (Å²) in [5.41, 5.74) is 1.43. The van der Waals surface area contributed by atoms with E-state index in [0.717, 1.165) is 30.4 Å². The summed E-state index contributed by atoms with van der Waals surface area (Å²) in [6.45, 7) is 5.63. The first-order chi connectivity index (χ1) is 13.9. The van der Waals surface area contributed by atoms with Crippen molar-refractivity contribution >= 4 is 34.3 Å². The maximum Gasteiger partial charge on any atom is 0.270 e. The Labute approximate surface area is 175 Å². The molecular weight excluding hydrogens is 392 g/mol. The number of benzene rings is 1. The van der Waals surface area contributed by atoms with Crippen LogP contribution in [0, 0.1) is 0 Å². The third-order valence-electron chi connectivity index (χ3n) is 6.16. The van der Waals surface area contributed by atoms with Gasteiger partial charge in [-0.1, -0.05) is 11.6 Å². The summed E-state index contributed by atoms with van der Waals surface area (Å²) in [6, 6.07) is 7.37. The van der Waals surface area contributed by atoms with Gasteiger partial charge in [-0.25, -0.2) is 0 Å². The molecule has 2 fully saturated rings. The number of carbonyl (C=O) groups is 2. The lowest BCUT2D eigenvalue weighted by atomic mass is 10.0. The number of H-pyrrole nitrogens is 1. The highest BCUT2D eigenvalue weighted by molar-refractivity contribution is 6.31. The molecule has 156 valence electrons. The number of likely N-dealkylation sites (tertiary alicyclic amines) is 1. The van der Waals surface area contributed by atoms with E-state index in [4.69, 9.17) is 11.6 Å². The zero-order valence-electron chi connectivity index (χ0n) is 16.6. The number of carbonyl (C=O) groups excluding carboxylic acids is 2. The van der Waals surface area contributed by atoms with Gasteiger partial charge >= 0.3 is 0 Å². The smallest absolute Gasteiger partial charge is 0.270 e. The molecule has 2 aliphatic rings. The third-order valence-corrected chi connectivity index (χ3v) is 6.40. The van der Waals surface area contributed by atoms with E-state index in [1.807, 2.05) is 28.0 Å². The van der Waals surface area contributed by atoms with Gasteiger partial charge in [0.2, 0.25) is 5.91 Å². The summed E-state index contributed by atoms with van der Waals surface area (Å²) in [5.74, 6) is 0.0500. The fourth-order valence-electron chi connectivity index (χ4n) is 4.46. The molecule has 8 heteroatoms. The van der Waals surface area contributed by atoms with Gasteiger partial charge in [-0.3, -0.25) is 14.5 Å². The SMILES string of the molecule is CC(=O)N1CCN([C@H]2CCN(C(=O)c3cc4cc(Cl)ccc4[nH]3)CC[C@@H]2O)CC1. The first-order valence-electron chi connectivity index (χ1n) is 10.2. The van der Waals surface area contributed by atoms with Crippen molar-refractivity contribution in [2.45, 2.75) is 31.9 Å². The number of aliphatic hydroxyl groups is 1. The number of piperazine rings is 1. The molecule has 0 saturated carbocycles. The molecule has 0 unspecified atom stereocenters. The number of amides is 2. The Morgan fingerprint density at radius 3 is 2.48 bits per heavy atom. The molecule has 2 atom stereocenters. The number of rotatable bonds is 2. The summed E-state index contributed by atoms with van der Waals surface area (Å²) in [7, 11) is 0. The average Bonchev–Trinajstić information content (AvgIpc) is 3.03. The summed E-state index contributed by atoms with van der Waals surface area (Å²) in [4.78, 5) is 33.7. The van der Waals surface area contributed by atoms with Crippen LogP contribution in [0.1, 0.15) is 30.3 Å². The maximum absolute atomic E-state index is 13.0. The van der Waals surface area contributed by atoms with Gasteiger partial charge in [-0.05, 0) is 37.1 Å². The number of aromatic amines is 1. The molecular formula is C21H27ClN4O3. The van der Waals surface area contributed by atoms with Crippen LogP contribution in [-0.4, -0.2) is 88.0 Å². The van der Waals surface area contributed by atoms with Crippen LogP contribution in [0.2, 0.25) is 5.02 Å². The second-order valence-corrected chi connectivity index (χ2v) is 8.40. The van der Waals surface area contributed by atoms with Crippen LogP contribution in [0.4, 0.5) is 0 Å². The lowest BCUT2D eigenvalue weighted by Crippen LogP contribution is -2.54. The lowest BCUT2D eigenvalue weighted by molar-refractivity contribution is -0.131. The Balaban J connectivity index is 1.42. The monoisotopic (exact) mass is 418 g/mol. The van der Waals surface area contributed by atoms with E-state index in [-0.39, 0.29) is 17.9 Å². The second-order valence-electron chi connectivity index (χ2n) is 7.96. The lowest BCUT2D eigenvalue weighted by Gasteiger charge is -2.40. The summed E-state index contributed by atoms with van der Waals surface area (Å²) < 4.78 is 0. The highest BCUT2D eigenvalue weighted by Gasteiger charge is 2.33. The minimum Gasteiger partial charge on any atom is -0.391 e. The highest BCUT2D eigenvalue weighted by Crippen LogP contribution is 2.23. The van der Waals surface area contributed by atoms with Crippen LogP contribution < -0.4 is 0 Å². The van der Waals surface area contributed by atoms with E-state index >= 15 is 0 Å². The minimum absolute atomic E-state index is 0.0171. The van der Waals surface area contributed by atoms with E-state index in [0.29, 0.717) is 43.3 Å². The molecule has 1 aromatic heterocycles. The summed E-state index contributed by atoms with van der Waals surface area (Å²) in [6.07, 6.45) is 0.798. The number of nitrogens with one attached hydrogen (secondary N) is 1. The zero-order valence-corrected chi connectivity index (χ0v) is 17.4. The standard InChI is InChI=1S/C21H27ClN4O3/c1-14(27)24-8-10-25(11-9-24)19-4-6-26(7-5-20(19)28)21(29)18-13-15-12-16(22)2-3-17(15)23-18/h2-3,12-13,19-20,23,28H,4-11H2,1H3/t19-,20-/m0/s1. The highest BCUT2D eigenvalue weighted by atomic mass is 35.5. The number of hydrogen-bond donors (Lipinski definition) is 2. The van der Waals surface area contributed by atoms with Crippen LogP contribution in [-0.2, 0) is 4.79 Å². The van der Waals surface area contributed by atoms with Gasteiger partial charge in [0.15, 0.2) is 0 Å². The van der Waals surface area contributed by atoms with Gasteiger partial charge in [0.05, 0.1) is 6.10 Å². The first kappa shape index (κ1) is 20.2. The number of fused-ring (bicyclic) bond motifs is 1. The molecule has 0 spiro atoms. The Morgan fingerprint density at radius 2 is 1.76 bits per heavy atom. The summed E-state index contributed by atoms with van der Waals surface area (Å²) >= 11 is 6.05. The quantitative estimate of drug-likeness (QED) is 0.781. The molecule has 2 aromatic rings. The van der Waals surface area contributed by atoms with Gasteiger partial charge in [0, 0.05) is 68.2 Å². The van der Waals surface area contributed by atoms with E-state index in [1.165, 1.54) is 0 Å². The topological polar surface area (TPSA) is 79.9 Å². The third kappa shape index (κ3) is 4.27. The predicted molar refractivity (Wildman–Crippen MR) is 112 cm³/mol. The zero-order chi connectivity index (χ0) is 20.5. The van der Waals surface area contributed by atoms with Gasteiger partial charge in [0.25, 0.3) is 5.91 Å². The van der Waals surface area contributed by atoms with Crippen LogP contribution in [0.15, 0.2) is 24.3 Å². The van der Waals surface area contributed by atoms with Gasteiger partial charge < -0.3 is 19.9 Å². The molecule has 1 aromatic carbocycles. The van der Waals surface area contributed by atoms with E-state index < -0.39 is 6.10 Å². The largest absolute Gasteiger partial charge is 0.391 e. The average molecular weight is 419 g/mol. The Bertz CT molecular complexity index is 906. The molecule has 2 N–H and O–H groups in total. The molecule has 2 amide bonds. The van der Waals surface area contributed by atoms with Crippen LogP contribution >= 0.6 is 11.6 Å². The van der Waals surface area contributed by atoms with Crippen molar-refractivity contribution in [2.75, 3.05) is 39.3 Å². The molecule has 0 bridgehead atoms. The van der Waals surface area contributed by atoms with Crippen LogP contribution in [0.25, 0.3) is 10.9 Å². The molecule has 4 rings (SSSR count). The Morgan fingerprint density at radius 1 is 1.03 bits per heavy atom. The van der Waals surface area contributed by atoms with Crippen LogP contribution in [0.5, 0.6) is 0 Å². The van der Waals surface area contributed by atoms with E-state index in [1.54, 1.807) is 13.0 Å². The molecule has 2 saturated heterocycles. The molecule has 2 aliphatic heterocycles. The van der Waals surface area contributed by atoms with Crippen molar-refractivity contribution < 1.29 is 14.7 Å². The number of aromatic nitrogens is 1. The number of halogens is 1. The number of hydrogen-bond acceptors (Lipinski definition) is 4. The number of aliphatic hydroxyl groups excluding tert-OH is 1. The normalized spacial score (nSPS) is 24.0. The molecule has 0 aliphatic carbocycles. The van der Waals surface area contributed by atoms with Gasteiger partial charge in [0.1, 0.15) is 5.69 Å². The molecule has 0 radical (unpaired) electrons. The van der Waals surface area contributed by atoms with Gasteiger partial charge in [-0.2, -0.15) is 0 Å². The Kier molecular flexibility index (Phi) is 5.81. The fraction of sp³-hybridized carbons (Fsp3) is 0.524. The van der Waals surface area contributed by atoms with Crippen LogP contribution in [0.3, 0.4) is 0 Å². The van der Waals surface area contributed by atoms with E-state index in [9.17, 15) is 14.7 Å². The molecule has 29 heavy (non-hydrogen) atoms. The molecule has 3 heterocycles. The van der Waals surface area contributed by atoms with Crippen molar-refractivity contribution in [1.82, 2.24) is 19.7 Å². The second kappa shape index (κ2) is 8.34. The van der Waals surface area contributed by atoms with Crippen molar-refractivity contribution in [2.24, 2.45) is 0 Å². The maximum atomic E-state index is 13.0. The van der Waals surface area contributed by atoms with Crippen molar-refractivity contribution in [1.29, 1.82) is 0 Å². The fourth-order valence-corrected chi connectivity index (χ4v) is 4.64. The number of nitrogens with zero attached hydrogens (tertiary/aromatic N) is 3.